The Labute approximate surface area is 138 Å². The molecule has 1 saturated carbocycles. The summed E-state index contributed by atoms with van der Waals surface area (Å²) in [6.45, 7) is 2.71. The van der Waals surface area contributed by atoms with Crippen LogP contribution in [0.2, 0.25) is 0 Å². The number of aliphatic hydroxyl groups excluding tert-OH is 1. The molecule has 1 aliphatic carbocycles. The van der Waals surface area contributed by atoms with Crippen LogP contribution in [0.3, 0.4) is 0 Å². The monoisotopic (exact) mass is 320 g/mol. The average Bonchev–Trinajstić information content (AvgIpc) is 3.05. The fourth-order valence-corrected chi connectivity index (χ4v) is 2.81. The first kappa shape index (κ1) is 17.8. The van der Waals surface area contributed by atoms with Gasteiger partial charge in [0.05, 0.1) is 12.7 Å². The molecule has 23 heavy (non-hydrogen) atoms. The van der Waals surface area contributed by atoms with Gasteiger partial charge < -0.3 is 20.5 Å². The van der Waals surface area contributed by atoms with E-state index in [1.165, 1.54) is 25.7 Å². The molecule has 1 unspecified atom stereocenters. The minimum Gasteiger partial charge on any atom is -0.396 e. The Balaban J connectivity index is 1.72. The number of urea groups is 1. The first-order chi connectivity index (χ1) is 11.2. The number of carbonyl (C=O) groups is 1. The van der Waals surface area contributed by atoms with Gasteiger partial charge in [0.15, 0.2) is 0 Å². The smallest absolute Gasteiger partial charge is 0.319 e. The molecule has 3 N–H and O–H groups in total. The van der Waals surface area contributed by atoms with E-state index >= 15 is 0 Å². The molecule has 0 bridgehead atoms. The van der Waals surface area contributed by atoms with Gasteiger partial charge in [0.2, 0.25) is 0 Å². The van der Waals surface area contributed by atoms with Gasteiger partial charge in [-0.05, 0) is 50.3 Å². The lowest BCUT2D eigenvalue weighted by molar-refractivity contribution is 0.0457. The van der Waals surface area contributed by atoms with E-state index in [1.54, 1.807) is 0 Å². The van der Waals surface area contributed by atoms with E-state index in [1.807, 2.05) is 31.2 Å². The molecular formula is C18H28N2O3. The first-order valence-corrected chi connectivity index (χ1v) is 8.56. The largest absolute Gasteiger partial charge is 0.396 e. The van der Waals surface area contributed by atoms with E-state index in [-0.39, 0.29) is 18.7 Å². The van der Waals surface area contributed by atoms with Crippen molar-refractivity contribution in [1.29, 1.82) is 0 Å². The number of hydrogen-bond donors (Lipinski definition) is 3. The van der Waals surface area contributed by atoms with Gasteiger partial charge in [0.1, 0.15) is 0 Å². The van der Waals surface area contributed by atoms with Gasteiger partial charge in [-0.2, -0.15) is 0 Å². The van der Waals surface area contributed by atoms with E-state index < -0.39 is 0 Å². The average molecular weight is 320 g/mol. The third kappa shape index (κ3) is 6.59. The second kappa shape index (κ2) is 9.53. The van der Waals surface area contributed by atoms with Crippen LogP contribution in [0.15, 0.2) is 24.3 Å². The van der Waals surface area contributed by atoms with Crippen LogP contribution in [-0.2, 0) is 11.3 Å². The number of rotatable bonds is 8. The molecule has 2 rings (SSSR count). The molecule has 1 fully saturated rings. The standard InChI is InChI=1S/C18H28N2O3/c1-14(5-4-12-21)19-18(22)20-16-10-8-15(9-11-16)13-23-17-6-2-3-7-17/h8-11,14,17,21H,2-7,12-13H2,1H3,(H2,19,20,22). The third-order valence-corrected chi connectivity index (χ3v) is 4.17. The van der Waals surface area contributed by atoms with Crippen molar-refractivity contribution in [1.82, 2.24) is 5.32 Å². The topological polar surface area (TPSA) is 70.6 Å². The summed E-state index contributed by atoms with van der Waals surface area (Å²) >= 11 is 0. The summed E-state index contributed by atoms with van der Waals surface area (Å²) in [6, 6.07) is 7.59. The summed E-state index contributed by atoms with van der Waals surface area (Å²) in [6.07, 6.45) is 6.78. The van der Waals surface area contributed by atoms with Crippen molar-refractivity contribution in [2.24, 2.45) is 0 Å². The highest BCUT2D eigenvalue weighted by Crippen LogP contribution is 2.22. The molecule has 2 amide bonds. The predicted molar refractivity (Wildman–Crippen MR) is 91.4 cm³/mol. The number of amides is 2. The molecule has 1 atom stereocenters. The molecular weight excluding hydrogens is 292 g/mol. The van der Waals surface area contributed by atoms with Crippen molar-refractivity contribution in [2.45, 2.75) is 64.2 Å². The molecule has 0 aliphatic heterocycles. The molecule has 5 heteroatoms. The molecule has 1 aromatic carbocycles. The van der Waals surface area contributed by atoms with E-state index in [0.717, 1.165) is 17.7 Å². The maximum Gasteiger partial charge on any atom is 0.319 e. The maximum atomic E-state index is 11.9. The summed E-state index contributed by atoms with van der Waals surface area (Å²) in [7, 11) is 0. The minimum atomic E-state index is -0.217. The van der Waals surface area contributed by atoms with Gasteiger partial charge in [-0.1, -0.05) is 25.0 Å². The Morgan fingerprint density at radius 3 is 2.65 bits per heavy atom. The van der Waals surface area contributed by atoms with Gasteiger partial charge in [-0.25, -0.2) is 4.79 Å². The van der Waals surface area contributed by atoms with Crippen LogP contribution >= 0.6 is 0 Å². The highest BCUT2D eigenvalue weighted by molar-refractivity contribution is 5.89. The zero-order valence-corrected chi connectivity index (χ0v) is 13.9. The van der Waals surface area contributed by atoms with Crippen LogP contribution < -0.4 is 10.6 Å². The molecule has 0 aromatic heterocycles. The normalized spacial score (nSPS) is 16.3. The van der Waals surface area contributed by atoms with Gasteiger partial charge in [-0.3, -0.25) is 0 Å². The van der Waals surface area contributed by atoms with Crippen molar-refractivity contribution >= 4 is 11.7 Å². The fraction of sp³-hybridized carbons (Fsp3) is 0.611. The van der Waals surface area contributed by atoms with Crippen LogP contribution in [0.1, 0.15) is 51.0 Å². The van der Waals surface area contributed by atoms with Crippen molar-refractivity contribution in [2.75, 3.05) is 11.9 Å². The third-order valence-electron chi connectivity index (χ3n) is 4.17. The molecule has 5 nitrogen and oxygen atoms in total. The summed E-state index contributed by atoms with van der Waals surface area (Å²) in [5.41, 5.74) is 1.89. The fourth-order valence-electron chi connectivity index (χ4n) is 2.81. The molecule has 1 aliphatic rings. The highest BCUT2D eigenvalue weighted by Gasteiger charge is 2.15. The Morgan fingerprint density at radius 1 is 1.30 bits per heavy atom. The molecule has 128 valence electrons. The lowest BCUT2D eigenvalue weighted by atomic mass is 10.2. The van der Waals surface area contributed by atoms with Gasteiger partial charge in [0, 0.05) is 18.3 Å². The van der Waals surface area contributed by atoms with E-state index in [4.69, 9.17) is 9.84 Å². The van der Waals surface area contributed by atoms with Crippen molar-refractivity contribution in [3.8, 4) is 0 Å². The second-order valence-corrected chi connectivity index (χ2v) is 6.28. The van der Waals surface area contributed by atoms with E-state index in [2.05, 4.69) is 10.6 Å². The van der Waals surface area contributed by atoms with Gasteiger partial charge >= 0.3 is 6.03 Å². The number of ether oxygens (including phenoxy) is 1. The lowest BCUT2D eigenvalue weighted by Gasteiger charge is -2.14. The van der Waals surface area contributed by atoms with Gasteiger partial charge in [0.25, 0.3) is 0 Å². The number of nitrogens with one attached hydrogen (secondary N) is 2. The predicted octanol–water partition coefficient (Wildman–Crippen LogP) is 3.43. The lowest BCUT2D eigenvalue weighted by Crippen LogP contribution is -2.36. The SMILES string of the molecule is CC(CCCO)NC(=O)Nc1ccc(COC2CCCC2)cc1. The number of hydrogen-bond acceptors (Lipinski definition) is 3. The zero-order valence-electron chi connectivity index (χ0n) is 13.9. The molecule has 0 saturated heterocycles. The number of anilines is 1. The number of benzene rings is 1. The maximum absolute atomic E-state index is 11.9. The van der Waals surface area contributed by atoms with Crippen LogP contribution in [-0.4, -0.2) is 29.9 Å². The Bertz CT molecular complexity index is 470. The zero-order chi connectivity index (χ0) is 16.5. The second-order valence-electron chi connectivity index (χ2n) is 6.28. The Hall–Kier alpha value is -1.59. The van der Waals surface area contributed by atoms with Crippen molar-refractivity contribution in [3.05, 3.63) is 29.8 Å². The van der Waals surface area contributed by atoms with Crippen molar-refractivity contribution in [3.63, 3.8) is 0 Å². The van der Waals surface area contributed by atoms with E-state index in [0.29, 0.717) is 19.1 Å². The molecule has 0 heterocycles. The highest BCUT2D eigenvalue weighted by atomic mass is 16.5. The molecule has 1 aromatic rings. The summed E-state index contributed by atoms with van der Waals surface area (Å²) in [5.74, 6) is 0. The Kier molecular flexibility index (Phi) is 7.36. The number of carbonyl (C=O) groups excluding carboxylic acids is 1. The first-order valence-electron chi connectivity index (χ1n) is 8.56. The van der Waals surface area contributed by atoms with Crippen LogP contribution in [0.5, 0.6) is 0 Å². The van der Waals surface area contributed by atoms with Crippen molar-refractivity contribution < 1.29 is 14.6 Å². The molecule has 0 spiro atoms. The van der Waals surface area contributed by atoms with Crippen LogP contribution in [0, 0.1) is 0 Å². The Morgan fingerprint density at radius 2 is 2.00 bits per heavy atom. The summed E-state index contributed by atoms with van der Waals surface area (Å²) in [5, 5.41) is 14.5. The quantitative estimate of drug-likeness (QED) is 0.687. The summed E-state index contributed by atoms with van der Waals surface area (Å²) < 4.78 is 5.88. The van der Waals surface area contributed by atoms with E-state index in [9.17, 15) is 4.79 Å². The summed E-state index contributed by atoms with van der Waals surface area (Å²) in [4.78, 5) is 11.9. The number of aliphatic hydroxyl groups is 1. The van der Waals surface area contributed by atoms with Crippen LogP contribution in [0.4, 0.5) is 10.5 Å². The molecule has 0 radical (unpaired) electrons. The minimum absolute atomic E-state index is 0.0428. The van der Waals surface area contributed by atoms with Gasteiger partial charge in [-0.15, -0.1) is 0 Å². The van der Waals surface area contributed by atoms with Crippen LogP contribution in [0.25, 0.3) is 0 Å².